The molecule has 110 valence electrons. The van der Waals surface area contributed by atoms with Gasteiger partial charge >= 0.3 is 0 Å². The van der Waals surface area contributed by atoms with E-state index in [-0.39, 0.29) is 0 Å². The lowest BCUT2D eigenvalue weighted by molar-refractivity contribution is 0.394. The second-order valence-corrected chi connectivity index (χ2v) is 5.16. The minimum atomic E-state index is 0.528. The lowest BCUT2D eigenvalue weighted by Crippen LogP contribution is -1.91. The normalized spacial score (nSPS) is 9.86. The van der Waals surface area contributed by atoms with Crippen LogP contribution in [0.25, 0.3) is 11.0 Å². The van der Waals surface area contributed by atoms with Crippen LogP contribution in [-0.4, -0.2) is 29.2 Å². The molecule has 21 heavy (non-hydrogen) atoms. The molecule has 0 aliphatic carbocycles. The number of nitrogens with one attached hydrogen (secondary N) is 1. The Morgan fingerprint density at radius 2 is 1.81 bits per heavy atom. The Balaban J connectivity index is 0.000000155. The summed E-state index contributed by atoms with van der Waals surface area (Å²) in [5.74, 6) is 2.17. The molecule has 0 aliphatic rings. The predicted molar refractivity (Wildman–Crippen MR) is 90.6 cm³/mol. The van der Waals surface area contributed by atoms with Gasteiger partial charge in [0, 0.05) is 15.8 Å². The van der Waals surface area contributed by atoms with E-state index in [4.69, 9.17) is 15.2 Å². The van der Waals surface area contributed by atoms with Crippen molar-refractivity contribution in [1.82, 2.24) is 15.0 Å². The molecule has 0 atom stereocenters. The summed E-state index contributed by atoms with van der Waals surface area (Å²) in [6.45, 7) is 0. The molecule has 0 aliphatic heterocycles. The van der Waals surface area contributed by atoms with Crippen LogP contribution in [0, 0.1) is 3.57 Å². The molecule has 0 saturated heterocycles. The third kappa shape index (κ3) is 3.75. The lowest BCUT2D eigenvalue weighted by atomic mass is 10.3. The third-order valence-corrected chi connectivity index (χ3v) is 3.58. The van der Waals surface area contributed by atoms with Crippen molar-refractivity contribution in [1.29, 1.82) is 0 Å². The number of aromatic amines is 1. The van der Waals surface area contributed by atoms with Crippen molar-refractivity contribution in [3.05, 3.63) is 40.4 Å². The quantitative estimate of drug-likeness (QED) is 0.649. The fourth-order valence-corrected chi connectivity index (χ4v) is 2.36. The average molecular weight is 398 g/mol. The SMILES string of the molecule is COc1cccc(OC)c1.Nc1ncnc2[nH]cc(I)c12. The van der Waals surface area contributed by atoms with Gasteiger partial charge < -0.3 is 20.2 Å². The van der Waals surface area contributed by atoms with Crippen LogP contribution >= 0.6 is 22.6 Å². The standard InChI is InChI=1S/C8H10O2.C6H5IN4/c1-9-7-4-3-5-8(6-7)10-2;7-3-1-9-6-4(3)5(8)10-2-11-6/h3-6H,1-2H3;1-2H,(H3,8,9,10,11). The molecule has 0 fully saturated rings. The topological polar surface area (TPSA) is 86.1 Å². The molecule has 6 nitrogen and oxygen atoms in total. The van der Waals surface area contributed by atoms with Crippen molar-refractivity contribution in [2.24, 2.45) is 0 Å². The first-order valence-electron chi connectivity index (χ1n) is 6.06. The van der Waals surface area contributed by atoms with E-state index in [0.29, 0.717) is 5.82 Å². The van der Waals surface area contributed by atoms with Crippen LogP contribution in [0.15, 0.2) is 36.8 Å². The van der Waals surface area contributed by atoms with Gasteiger partial charge in [0.2, 0.25) is 0 Å². The molecule has 7 heteroatoms. The van der Waals surface area contributed by atoms with E-state index in [9.17, 15) is 0 Å². The fourth-order valence-electron chi connectivity index (χ4n) is 1.68. The van der Waals surface area contributed by atoms with E-state index in [1.165, 1.54) is 6.33 Å². The highest BCUT2D eigenvalue weighted by Gasteiger charge is 2.04. The summed E-state index contributed by atoms with van der Waals surface area (Å²) in [6.07, 6.45) is 3.31. The summed E-state index contributed by atoms with van der Waals surface area (Å²) in [6, 6.07) is 7.47. The van der Waals surface area contributed by atoms with Crippen LogP contribution in [0.2, 0.25) is 0 Å². The summed E-state index contributed by atoms with van der Waals surface area (Å²) in [5.41, 5.74) is 6.42. The number of benzene rings is 1. The molecular weight excluding hydrogens is 383 g/mol. The number of halogens is 1. The van der Waals surface area contributed by atoms with Crippen molar-refractivity contribution in [3.63, 3.8) is 0 Å². The van der Waals surface area contributed by atoms with Crippen LogP contribution in [0.5, 0.6) is 11.5 Å². The molecular formula is C14H15IN4O2. The average Bonchev–Trinajstić information content (AvgIpc) is 2.91. The Kier molecular flexibility index (Phi) is 5.20. The Labute approximate surface area is 135 Å². The molecule has 3 rings (SSSR count). The molecule has 3 N–H and O–H groups in total. The monoisotopic (exact) mass is 398 g/mol. The molecule has 1 aromatic carbocycles. The maximum atomic E-state index is 5.63. The van der Waals surface area contributed by atoms with Gasteiger partial charge in [0.25, 0.3) is 0 Å². The number of nitrogens with zero attached hydrogens (tertiary/aromatic N) is 2. The van der Waals surface area contributed by atoms with Crippen LogP contribution in [0.1, 0.15) is 0 Å². The number of H-pyrrole nitrogens is 1. The summed E-state index contributed by atoms with van der Waals surface area (Å²) in [4.78, 5) is 10.9. The van der Waals surface area contributed by atoms with Gasteiger partial charge in [-0.3, -0.25) is 0 Å². The summed E-state index contributed by atoms with van der Waals surface area (Å²) in [5, 5.41) is 0.910. The Hall–Kier alpha value is -2.03. The Morgan fingerprint density at radius 1 is 1.14 bits per heavy atom. The third-order valence-electron chi connectivity index (χ3n) is 2.73. The molecule has 0 spiro atoms. The van der Waals surface area contributed by atoms with E-state index in [0.717, 1.165) is 26.1 Å². The zero-order valence-corrected chi connectivity index (χ0v) is 13.8. The van der Waals surface area contributed by atoms with Gasteiger partial charge in [0.15, 0.2) is 0 Å². The number of aromatic nitrogens is 3. The number of hydrogen-bond acceptors (Lipinski definition) is 5. The molecule has 2 heterocycles. The number of fused-ring (bicyclic) bond motifs is 1. The van der Waals surface area contributed by atoms with Crippen LogP contribution in [0.4, 0.5) is 5.82 Å². The van der Waals surface area contributed by atoms with E-state index < -0.39 is 0 Å². The first-order chi connectivity index (χ1) is 10.2. The van der Waals surface area contributed by atoms with E-state index in [1.54, 1.807) is 14.2 Å². The molecule has 0 amide bonds. The minimum absolute atomic E-state index is 0.528. The number of ether oxygens (including phenoxy) is 2. The zero-order chi connectivity index (χ0) is 15.2. The van der Waals surface area contributed by atoms with Crippen LogP contribution in [-0.2, 0) is 0 Å². The van der Waals surface area contributed by atoms with E-state index in [2.05, 4.69) is 37.5 Å². The van der Waals surface area contributed by atoms with Gasteiger partial charge in [-0.15, -0.1) is 0 Å². The Morgan fingerprint density at radius 3 is 2.38 bits per heavy atom. The first-order valence-corrected chi connectivity index (χ1v) is 7.14. The second-order valence-electron chi connectivity index (χ2n) is 4.00. The highest BCUT2D eigenvalue weighted by atomic mass is 127. The lowest BCUT2D eigenvalue weighted by Gasteiger charge is -2.01. The van der Waals surface area contributed by atoms with Crippen molar-refractivity contribution >= 4 is 39.4 Å². The van der Waals surface area contributed by atoms with Crippen molar-refractivity contribution in [3.8, 4) is 11.5 Å². The largest absolute Gasteiger partial charge is 0.497 e. The molecule has 0 radical (unpaired) electrons. The van der Waals surface area contributed by atoms with E-state index in [1.807, 2.05) is 30.5 Å². The minimum Gasteiger partial charge on any atom is -0.497 e. The number of nitrogen functional groups attached to an aromatic ring is 1. The van der Waals surface area contributed by atoms with Gasteiger partial charge in [0.1, 0.15) is 29.3 Å². The fraction of sp³-hybridized carbons (Fsp3) is 0.143. The van der Waals surface area contributed by atoms with Crippen LogP contribution in [0.3, 0.4) is 0 Å². The van der Waals surface area contributed by atoms with Gasteiger partial charge in [-0.25, -0.2) is 9.97 Å². The predicted octanol–water partition coefficient (Wildman–Crippen LogP) is 2.85. The molecule has 3 aromatic rings. The maximum Gasteiger partial charge on any atom is 0.143 e. The number of anilines is 1. The first kappa shape index (κ1) is 15.4. The highest BCUT2D eigenvalue weighted by Crippen LogP contribution is 2.21. The Bertz CT molecular complexity index is 711. The molecule has 2 aromatic heterocycles. The maximum absolute atomic E-state index is 5.63. The van der Waals surface area contributed by atoms with E-state index >= 15 is 0 Å². The number of methoxy groups -OCH3 is 2. The number of rotatable bonds is 2. The number of hydrogen-bond donors (Lipinski definition) is 2. The van der Waals surface area contributed by atoms with Crippen molar-refractivity contribution < 1.29 is 9.47 Å². The highest BCUT2D eigenvalue weighted by molar-refractivity contribution is 14.1. The summed E-state index contributed by atoms with van der Waals surface area (Å²) < 4.78 is 11.0. The smallest absolute Gasteiger partial charge is 0.143 e. The van der Waals surface area contributed by atoms with Gasteiger partial charge in [-0.1, -0.05) is 6.07 Å². The van der Waals surface area contributed by atoms with Gasteiger partial charge in [-0.2, -0.15) is 0 Å². The summed E-state index contributed by atoms with van der Waals surface area (Å²) >= 11 is 2.19. The number of nitrogens with two attached hydrogens (primary N) is 1. The zero-order valence-electron chi connectivity index (χ0n) is 11.6. The molecule has 0 unspecified atom stereocenters. The second kappa shape index (κ2) is 7.11. The van der Waals surface area contributed by atoms with Gasteiger partial charge in [0.05, 0.1) is 19.6 Å². The van der Waals surface area contributed by atoms with Gasteiger partial charge in [-0.05, 0) is 34.7 Å². The molecule has 0 saturated carbocycles. The van der Waals surface area contributed by atoms with Crippen molar-refractivity contribution in [2.45, 2.75) is 0 Å². The summed E-state index contributed by atoms with van der Waals surface area (Å²) in [7, 11) is 3.27. The van der Waals surface area contributed by atoms with Crippen LogP contribution < -0.4 is 15.2 Å². The van der Waals surface area contributed by atoms with Crippen molar-refractivity contribution in [2.75, 3.05) is 20.0 Å². The molecule has 0 bridgehead atoms.